The average Bonchev–Trinajstić information content (AvgIpc) is 3.42. The molecule has 0 aliphatic heterocycles. The number of thiophene rings is 1. The minimum absolute atomic E-state index is 0.0908. The molecule has 2 heterocycles. The summed E-state index contributed by atoms with van der Waals surface area (Å²) >= 11 is 1.66. The minimum Gasteiger partial charge on any atom is -0.340 e. The van der Waals surface area contributed by atoms with Gasteiger partial charge in [0, 0.05) is 45.5 Å². The molecule has 1 amide bonds. The van der Waals surface area contributed by atoms with Crippen molar-refractivity contribution in [2.24, 2.45) is 4.99 Å². The Hall–Kier alpha value is -4.03. The molecular weight excluding hydrogens is 517 g/mol. The maximum Gasteiger partial charge on any atom is 0.259 e. The molecule has 202 valence electrons. The van der Waals surface area contributed by atoms with E-state index in [1.165, 1.54) is 35.4 Å². The molecule has 2 aromatic heterocycles. The van der Waals surface area contributed by atoms with Crippen molar-refractivity contribution in [1.82, 2.24) is 4.57 Å². The highest BCUT2D eigenvalue weighted by Crippen LogP contribution is 2.39. The van der Waals surface area contributed by atoms with Crippen molar-refractivity contribution in [2.75, 3.05) is 5.32 Å². The molecule has 6 heteroatoms. The molecule has 0 radical (unpaired) electrons. The molecular formula is C34H32FN3OS. The van der Waals surface area contributed by atoms with Crippen molar-refractivity contribution in [3.8, 4) is 0 Å². The van der Waals surface area contributed by atoms with Crippen molar-refractivity contribution in [2.45, 2.75) is 52.0 Å². The van der Waals surface area contributed by atoms with Crippen LogP contribution in [0.3, 0.4) is 0 Å². The Morgan fingerprint density at radius 3 is 2.48 bits per heavy atom. The van der Waals surface area contributed by atoms with Crippen molar-refractivity contribution in [3.63, 3.8) is 0 Å². The summed E-state index contributed by atoms with van der Waals surface area (Å²) in [7, 11) is 0. The van der Waals surface area contributed by atoms with Crippen molar-refractivity contribution < 1.29 is 9.18 Å². The summed E-state index contributed by atoms with van der Waals surface area (Å²) < 4.78 is 15.8. The van der Waals surface area contributed by atoms with Crippen LogP contribution in [0.15, 0.2) is 83.9 Å². The molecule has 0 saturated heterocycles. The molecule has 1 aliphatic carbocycles. The molecule has 0 unspecified atom stereocenters. The molecule has 6 rings (SSSR count). The molecule has 1 aliphatic rings. The van der Waals surface area contributed by atoms with E-state index in [0.29, 0.717) is 6.54 Å². The second-order valence-electron chi connectivity index (χ2n) is 10.4. The molecule has 0 fully saturated rings. The zero-order valence-corrected chi connectivity index (χ0v) is 23.4. The Morgan fingerprint density at radius 2 is 1.68 bits per heavy atom. The number of carbonyl (C=O) groups is 1. The number of halogens is 1. The summed E-state index contributed by atoms with van der Waals surface area (Å²) in [6, 6.07) is 24.6. The second kappa shape index (κ2) is 11.6. The predicted octanol–water partition coefficient (Wildman–Crippen LogP) is 8.86. The quantitative estimate of drug-likeness (QED) is 0.211. The van der Waals surface area contributed by atoms with Crippen LogP contribution in [-0.4, -0.2) is 16.7 Å². The van der Waals surface area contributed by atoms with Crippen LogP contribution < -0.4 is 5.32 Å². The molecule has 0 bridgehead atoms. The molecule has 40 heavy (non-hydrogen) atoms. The van der Waals surface area contributed by atoms with Crippen LogP contribution in [0.2, 0.25) is 0 Å². The Balaban J connectivity index is 1.40. The van der Waals surface area contributed by atoms with E-state index in [-0.39, 0.29) is 11.7 Å². The second-order valence-corrected chi connectivity index (χ2v) is 11.5. The Kier molecular flexibility index (Phi) is 7.60. The van der Waals surface area contributed by atoms with E-state index in [9.17, 15) is 9.18 Å². The zero-order valence-electron chi connectivity index (χ0n) is 22.6. The molecule has 0 saturated carbocycles. The first-order valence-electron chi connectivity index (χ1n) is 14.0. The molecule has 0 spiro atoms. The number of amides is 1. The molecule has 4 nitrogen and oxygen atoms in total. The van der Waals surface area contributed by atoms with Gasteiger partial charge in [-0.1, -0.05) is 61.4 Å². The number of hydrogen-bond acceptors (Lipinski definition) is 3. The molecule has 0 atom stereocenters. The number of rotatable bonds is 6. The highest BCUT2D eigenvalue weighted by atomic mass is 32.1. The van der Waals surface area contributed by atoms with E-state index in [4.69, 9.17) is 4.99 Å². The van der Waals surface area contributed by atoms with Crippen LogP contribution in [0.25, 0.3) is 10.9 Å². The Bertz CT molecular complexity index is 1680. The van der Waals surface area contributed by atoms with Gasteiger partial charge in [0.1, 0.15) is 10.8 Å². The van der Waals surface area contributed by atoms with E-state index >= 15 is 0 Å². The average molecular weight is 550 g/mol. The number of para-hydroxylation sites is 2. The first-order valence-corrected chi connectivity index (χ1v) is 14.8. The third kappa shape index (κ3) is 5.36. The summed E-state index contributed by atoms with van der Waals surface area (Å²) in [6.07, 6.45) is 8.50. The lowest BCUT2D eigenvalue weighted by atomic mass is 9.96. The number of aromatic nitrogens is 1. The first kappa shape index (κ1) is 26.2. The number of aryl methyl sites for hydroxylation is 1. The summed E-state index contributed by atoms with van der Waals surface area (Å²) in [4.78, 5) is 20.0. The largest absolute Gasteiger partial charge is 0.340 e. The lowest BCUT2D eigenvalue weighted by Gasteiger charge is -2.12. The standard InChI is InChI=1S/C34H32FN3OS/c1-23-29(27-13-9-10-15-30(27)38(23)22-24-17-19-25(35)20-18-24)21-36-34-32(33(39)37-26-11-5-4-6-12-26)28-14-7-2-3-8-16-31(28)40-34/h4-6,9-13,15,17-21H,2-3,7-8,14,16,22H2,1H3,(H,37,39). The van der Waals surface area contributed by atoms with Crippen LogP contribution >= 0.6 is 11.3 Å². The number of carbonyl (C=O) groups excluding carboxylic acids is 1. The zero-order chi connectivity index (χ0) is 27.5. The van der Waals surface area contributed by atoms with Gasteiger partial charge < -0.3 is 9.88 Å². The van der Waals surface area contributed by atoms with E-state index in [0.717, 1.165) is 69.7 Å². The maximum absolute atomic E-state index is 13.7. The van der Waals surface area contributed by atoms with Crippen molar-refractivity contribution in [1.29, 1.82) is 0 Å². The number of anilines is 1. The number of nitrogens with zero attached hydrogens (tertiary/aromatic N) is 2. The van der Waals surface area contributed by atoms with Gasteiger partial charge in [-0.25, -0.2) is 9.38 Å². The highest BCUT2D eigenvalue weighted by Gasteiger charge is 2.24. The first-order chi connectivity index (χ1) is 19.6. The fraction of sp³-hybridized carbons (Fsp3) is 0.235. The fourth-order valence-electron chi connectivity index (χ4n) is 5.67. The van der Waals surface area contributed by atoms with Gasteiger partial charge in [-0.15, -0.1) is 11.3 Å². The molecule has 3 aromatic carbocycles. The van der Waals surface area contributed by atoms with Gasteiger partial charge in [0.05, 0.1) is 5.56 Å². The van der Waals surface area contributed by atoms with Crippen LogP contribution in [0.1, 0.15) is 63.3 Å². The third-order valence-corrected chi connectivity index (χ3v) is 8.96. The van der Waals surface area contributed by atoms with E-state index in [1.54, 1.807) is 11.3 Å². The van der Waals surface area contributed by atoms with Gasteiger partial charge in [-0.3, -0.25) is 4.79 Å². The van der Waals surface area contributed by atoms with Gasteiger partial charge in [-0.2, -0.15) is 0 Å². The monoisotopic (exact) mass is 549 g/mol. The van der Waals surface area contributed by atoms with Gasteiger partial charge in [0.25, 0.3) is 5.91 Å². The van der Waals surface area contributed by atoms with E-state index in [2.05, 4.69) is 28.9 Å². The van der Waals surface area contributed by atoms with Crippen molar-refractivity contribution >= 4 is 45.0 Å². The number of hydrogen-bond donors (Lipinski definition) is 1. The summed E-state index contributed by atoms with van der Waals surface area (Å²) in [6.45, 7) is 2.74. The van der Waals surface area contributed by atoms with Crippen LogP contribution in [0.4, 0.5) is 15.1 Å². The van der Waals surface area contributed by atoms with Crippen molar-refractivity contribution in [3.05, 3.63) is 118 Å². The topological polar surface area (TPSA) is 46.4 Å². The lowest BCUT2D eigenvalue weighted by Crippen LogP contribution is -2.14. The summed E-state index contributed by atoms with van der Waals surface area (Å²) in [5.41, 5.74) is 6.92. The highest BCUT2D eigenvalue weighted by molar-refractivity contribution is 7.16. The normalized spacial score (nSPS) is 13.8. The molecule has 5 aromatic rings. The van der Waals surface area contributed by atoms with Gasteiger partial charge in [-0.05, 0) is 74.1 Å². The number of benzene rings is 3. The van der Waals surface area contributed by atoms with Crippen LogP contribution in [0.5, 0.6) is 0 Å². The Morgan fingerprint density at radius 1 is 0.950 bits per heavy atom. The van der Waals surface area contributed by atoms with Gasteiger partial charge >= 0.3 is 0 Å². The van der Waals surface area contributed by atoms with E-state index < -0.39 is 0 Å². The summed E-state index contributed by atoms with van der Waals surface area (Å²) in [5.74, 6) is -0.324. The number of nitrogens with one attached hydrogen (secondary N) is 1. The maximum atomic E-state index is 13.7. The number of aliphatic imine (C=N–C) groups is 1. The lowest BCUT2D eigenvalue weighted by molar-refractivity contribution is 0.102. The summed E-state index contributed by atoms with van der Waals surface area (Å²) in [5, 5.41) is 4.99. The Labute approximate surface area is 238 Å². The van der Waals surface area contributed by atoms with Crippen LogP contribution in [0, 0.1) is 12.7 Å². The third-order valence-electron chi connectivity index (χ3n) is 7.76. The molecule has 1 N–H and O–H groups in total. The predicted molar refractivity (Wildman–Crippen MR) is 164 cm³/mol. The van der Waals surface area contributed by atoms with Crippen LogP contribution in [-0.2, 0) is 19.4 Å². The number of fused-ring (bicyclic) bond motifs is 2. The smallest absolute Gasteiger partial charge is 0.259 e. The minimum atomic E-state index is -0.234. The van der Waals surface area contributed by atoms with E-state index in [1.807, 2.05) is 60.8 Å². The fourth-order valence-corrected chi connectivity index (χ4v) is 6.90. The van der Waals surface area contributed by atoms with Gasteiger partial charge in [0.15, 0.2) is 0 Å². The SMILES string of the molecule is Cc1c(C=Nc2sc3c(c2C(=O)Nc2ccccc2)CCCCCC3)c2ccccc2n1Cc1ccc(F)cc1. The van der Waals surface area contributed by atoms with Gasteiger partial charge in [0.2, 0.25) is 0 Å².